The van der Waals surface area contributed by atoms with E-state index >= 15 is 0 Å². The van der Waals surface area contributed by atoms with E-state index in [4.69, 9.17) is 38.4 Å². The lowest BCUT2D eigenvalue weighted by Gasteiger charge is -2.15. The Morgan fingerprint density at radius 3 is 2.67 bits per heavy atom. The number of aromatic nitrogens is 1. The summed E-state index contributed by atoms with van der Waals surface area (Å²) in [6.07, 6.45) is -1.06. The number of aryl methyl sites for hydroxylation is 1. The first-order valence-electron chi connectivity index (χ1n) is 6.99. The average Bonchev–Trinajstić information content (AvgIpc) is 2.56. The number of ether oxygens (including phenoxy) is 2. The van der Waals surface area contributed by atoms with E-state index in [2.05, 4.69) is 4.98 Å². The lowest BCUT2D eigenvalue weighted by Crippen LogP contribution is -2.26. The van der Waals surface area contributed by atoms with Gasteiger partial charge in [0.15, 0.2) is 6.10 Å². The smallest absolute Gasteiger partial charge is 0.347 e. The minimum atomic E-state index is -1.06. The van der Waals surface area contributed by atoms with Gasteiger partial charge in [0.1, 0.15) is 16.7 Å². The summed E-state index contributed by atoms with van der Waals surface area (Å²) in [5.41, 5.74) is 7.21. The number of pyridine rings is 1. The van der Waals surface area contributed by atoms with Gasteiger partial charge in [-0.05, 0) is 25.0 Å². The zero-order chi connectivity index (χ0) is 17.9. The highest BCUT2D eigenvalue weighted by Crippen LogP contribution is 2.35. The summed E-state index contributed by atoms with van der Waals surface area (Å²) in [6, 6.07) is 7.49. The lowest BCUT2D eigenvalue weighted by molar-refractivity contribution is -0.152. The zero-order valence-corrected chi connectivity index (χ0v) is 14.5. The molecule has 2 rings (SSSR count). The van der Waals surface area contributed by atoms with E-state index in [0.29, 0.717) is 0 Å². The zero-order valence-electron chi connectivity index (χ0n) is 13.0. The highest BCUT2D eigenvalue weighted by atomic mass is 35.5. The maximum absolute atomic E-state index is 13.5. The molecule has 0 amide bonds. The number of nitrogens with two attached hydrogens (primary N) is 1. The van der Waals surface area contributed by atoms with Crippen LogP contribution in [0.25, 0.3) is 0 Å². The third kappa shape index (κ3) is 4.07. The fraction of sp³-hybridized carbons (Fsp3) is 0.250. The first-order chi connectivity index (χ1) is 11.3. The first kappa shape index (κ1) is 18.3. The van der Waals surface area contributed by atoms with Crippen molar-refractivity contribution in [2.75, 3.05) is 5.73 Å². The number of carbonyl (C=O) groups excluding carboxylic acids is 1. The number of benzene rings is 1. The second-order valence-corrected chi connectivity index (χ2v) is 5.80. The van der Waals surface area contributed by atoms with Crippen LogP contribution in [-0.4, -0.2) is 17.1 Å². The van der Waals surface area contributed by atoms with E-state index in [1.54, 1.807) is 0 Å². The van der Waals surface area contributed by atoms with Gasteiger partial charge in [0.2, 0.25) is 11.8 Å². The normalized spacial score (nSPS) is 11.9. The number of nitrogens with zero attached hydrogens (tertiary/aromatic N) is 1. The van der Waals surface area contributed by atoms with Gasteiger partial charge in [-0.3, -0.25) is 0 Å². The van der Waals surface area contributed by atoms with Crippen LogP contribution < -0.4 is 10.5 Å². The summed E-state index contributed by atoms with van der Waals surface area (Å²) in [6.45, 7) is 3.43. The van der Waals surface area contributed by atoms with Crippen molar-refractivity contribution in [3.8, 4) is 5.88 Å². The van der Waals surface area contributed by atoms with Gasteiger partial charge in [0.25, 0.3) is 0 Å². The second-order valence-electron chi connectivity index (χ2n) is 5.04. The molecule has 0 aliphatic rings. The minimum Gasteiger partial charge on any atom is -0.461 e. The van der Waals surface area contributed by atoms with Gasteiger partial charge in [-0.25, -0.2) is 4.79 Å². The minimum absolute atomic E-state index is 0.0947. The molecule has 1 aromatic carbocycles. The number of rotatable bonds is 5. The van der Waals surface area contributed by atoms with Gasteiger partial charge in [-0.1, -0.05) is 47.5 Å². The first-order valence-corrected chi connectivity index (χ1v) is 7.74. The van der Waals surface area contributed by atoms with Gasteiger partial charge in [0, 0.05) is 0 Å². The predicted octanol–water partition coefficient (Wildman–Crippen LogP) is 3.93. The number of esters is 1. The SMILES string of the molecule is Cc1ccccc1COC(=O)[C@@H](C)Oc1nc(F)c(Cl)c(N)c1Cl. The summed E-state index contributed by atoms with van der Waals surface area (Å²) in [7, 11) is 0. The fourth-order valence-electron chi connectivity index (χ4n) is 1.84. The molecule has 8 heteroatoms. The van der Waals surface area contributed by atoms with Gasteiger partial charge >= 0.3 is 5.97 Å². The summed E-state index contributed by atoms with van der Waals surface area (Å²) in [5.74, 6) is -2.00. The second kappa shape index (κ2) is 7.68. The largest absolute Gasteiger partial charge is 0.461 e. The van der Waals surface area contributed by atoms with Crippen LogP contribution in [-0.2, 0) is 16.1 Å². The van der Waals surface area contributed by atoms with Crippen LogP contribution in [0.5, 0.6) is 5.88 Å². The quantitative estimate of drug-likeness (QED) is 0.635. The van der Waals surface area contributed by atoms with Crippen molar-refractivity contribution in [2.24, 2.45) is 0 Å². The van der Waals surface area contributed by atoms with Gasteiger partial charge in [-0.2, -0.15) is 9.37 Å². The molecule has 1 atom stereocenters. The summed E-state index contributed by atoms with van der Waals surface area (Å²) < 4.78 is 23.9. The summed E-state index contributed by atoms with van der Waals surface area (Å²) in [4.78, 5) is 15.5. The lowest BCUT2D eigenvalue weighted by atomic mass is 10.1. The molecule has 2 N–H and O–H groups in total. The number of carbonyl (C=O) groups is 1. The molecule has 0 spiro atoms. The molecular weight excluding hydrogens is 358 g/mol. The Kier molecular flexibility index (Phi) is 5.85. The number of nitrogen functional groups attached to an aromatic ring is 1. The predicted molar refractivity (Wildman–Crippen MR) is 89.7 cm³/mol. The van der Waals surface area contributed by atoms with Crippen molar-refractivity contribution in [2.45, 2.75) is 26.6 Å². The van der Waals surface area contributed by atoms with Crippen molar-refractivity contribution >= 4 is 34.9 Å². The van der Waals surface area contributed by atoms with Crippen LogP contribution in [0.3, 0.4) is 0 Å². The molecule has 128 valence electrons. The van der Waals surface area contributed by atoms with Crippen LogP contribution in [0, 0.1) is 12.9 Å². The molecule has 1 heterocycles. The Morgan fingerprint density at radius 2 is 2.00 bits per heavy atom. The van der Waals surface area contributed by atoms with E-state index in [1.165, 1.54) is 6.92 Å². The molecule has 0 saturated heterocycles. The number of halogens is 3. The molecule has 0 radical (unpaired) electrons. The molecule has 1 aromatic heterocycles. The van der Waals surface area contributed by atoms with E-state index in [1.807, 2.05) is 31.2 Å². The number of anilines is 1. The van der Waals surface area contributed by atoms with Crippen LogP contribution in [0.1, 0.15) is 18.1 Å². The van der Waals surface area contributed by atoms with Crippen molar-refractivity contribution in [1.29, 1.82) is 0 Å². The van der Waals surface area contributed by atoms with E-state index < -0.39 is 23.0 Å². The van der Waals surface area contributed by atoms with Crippen molar-refractivity contribution < 1.29 is 18.7 Å². The topological polar surface area (TPSA) is 74.4 Å². The van der Waals surface area contributed by atoms with E-state index in [-0.39, 0.29) is 23.2 Å². The molecule has 0 bridgehead atoms. The Balaban J connectivity index is 2.03. The van der Waals surface area contributed by atoms with Crippen molar-refractivity contribution in [1.82, 2.24) is 4.98 Å². The monoisotopic (exact) mass is 372 g/mol. The Morgan fingerprint density at radius 1 is 1.33 bits per heavy atom. The van der Waals surface area contributed by atoms with Gasteiger partial charge in [0.05, 0.1) is 5.69 Å². The molecule has 0 aliphatic carbocycles. The Labute approximate surface area is 148 Å². The van der Waals surface area contributed by atoms with Crippen molar-refractivity contribution in [3.63, 3.8) is 0 Å². The maximum Gasteiger partial charge on any atom is 0.347 e. The standard InChI is InChI=1S/C16H15Cl2FN2O3/c1-8-5-3-4-6-10(8)7-23-16(22)9(2)24-15-12(18)13(20)11(17)14(19)21-15/h3-6,9H,7H2,1-2H3,(H2,20,21)/t9-/m1/s1. The number of hydrogen-bond donors (Lipinski definition) is 1. The van der Waals surface area contributed by atoms with Gasteiger partial charge in [-0.15, -0.1) is 0 Å². The summed E-state index contributed by atoms with van der Waals surface area (Å²) in [5, 5.41) is -0.568. The van der Waals surface area contributed by atoms with E-state index in [0.717, 1.165) is 11.1 Å². The molecule has 0 aliphatic heterocycles. The molecule has 0 unspecified atom stereocenters. The van der Waals surface area contributed by atoms with E-state index in [9.17, 15) is 9.18 Å². The molecule has 5 nitrogen and oxygen atoms in total. The number of hydrogen-bond acceptors (Lipinski definition) is 5. The van der Waals surface area contributed by atoms with Gasteiger partial charge < -0.3 is 15.2 Å². The third-order valence-electron chi connectivity index (χ3n) is 3.29. The van der Waals surface area contributed by atoms with Crippen LogP contribution in [0.15, 0.2) is 24.3 Å². The average molecular weight is 373 g/mol. The molecule has 0 fully saturated rings. The Hall–Kier alpha value is -2.05. The molecular formula is C16H15Cl2FN2O3. The summed E-state index contributed by atoms with van der Waals surface area (Å²) >= 11 is 11.5. The molecule has 24 heavy (non-hydrogen) atoms. The highest BCUT2D eigenvalue weighted by molar-refractivity contribution is 6.39. The van der Waals surface area contributed by atoms with Crippen LogP contribution >= 0.6 is 23.2 Å². The molecule has 2 aromatic rings. The third-order valence-corrected chi connectivity index (χ3v) is 4.02. The highest BCUT2D eigenvalue weighted by Gasteiger charge is 2.22. The maximum atomic E-state index is 13.5. The molecule has 0 saturated carbocycles. The Bertz CT molecular complexity index is 771. The van der Waals surface area contributed by atoms with Crippen LogP contribution in [0.2, 0.25) is 10.0 Å². The fourth-order valence-corrected chi connectivity index (χ4v) is 2.21. The van der Waals surface area contributed by atoms with Crippen LogP contribution in [0.4, 0.5) is 10.1 Å². The van der Waals surface area contributed by atoms with Crippen molar-refractivity contribution in [3.05, 3.63) is 51.4 Å².